The van der Waals surface area contributed by atoms with E-state index in [-0.39, 0.29) is 11.3 Å². The van der Waals surface area contributed by atoms with Gasteiger partial charge < -0.3 is 10.4 Å². The fourth-order valence-corrected chi connectivity index (χ4v) is 1.22. The fourth-order valence-electron chi connectivity index (χ4n) is 1.22. The van der Waals surface area contributed by atoms with E-state index in [4.69, 9.17) is 5.11 Å². The number of aliphatic carboxylic acids is 1. The van der Waals surface area contributed by atoms with Crippen LogP contribution in [0.15, 0.2) is 0 Å². The molecule has 1 atom stereocenters. The SMILES string of the molecule is CC(C)C(C)(NCCC(C)(C)C)C(=O)O. The Bertz CT molecular complexity index is 218. The monoisotopic (exact) mass is 215 g/mol. The standard InChI is InChI=1S/C12H25NO2/c1-9(2)12(6,10(14)15)13-8-7-11(3,4)5/h9,13H,7-8H2,1-6H3,(H,14,15). The third kappa shape index (κ3) is 4.65. The van der Waals surface area contributed by atoms with Crippen molar-refractivity contribution in [3.8, 4) is 0 Å². The minimum Gasteiger partial charge on any atom is -0.480 e. The van der Waals surface area contributed by atoms with Crippen LogP contribution in [0.1, 0.15) is 48.0 Å². The summed E-state index contributed by atoms with van der Waals surface area (Å²) in [5.74, 6) is -0.693. The zero-order valence-electron chi connectivity index (χ0n) is 10.8. The molecule has 0 amide bonds. The molecule has 0 rings (SSSR count). The summed E-state index contributed by atoms with van der Waals surface area (Å²) in [6.07, 6.45) is 0.975. The Kier molecular flexibility index (Phi) is 4.78. The van der Waals surface area contributed by atoms with E-state index in [1.807, 2.05) is 13.8 Å². The Labute approximate surface area is 93.3 Å². The second kappa shape index (κ2) is 4.97. The highest BCUT2D eigenvalue weighted by Gasteiger charge is 2.35. The molecule has 3 nitrogen and oxygen atoms in total. The molecule has 3 heteroatoms. The first-order valence-corrected chi connectivity index (χ1v) is 5.58. The highest BCUT2D eigenvalue weighted by atomic mass is 16.4. The second-order valence-electron chi connectivity index (χ2n) is 5.90. The zero-order chi connectivity index (χ0) is 12.3. The number of carbonyl (C=O) groups is 1. The number of hydrogen-bond donors (Lipinski definition) is 2. The number of carboxylic acid groups (broad SMARTS) is 1. The Hall–Kier alpha value is -0.570. The van der Waals surface area contributed by atoms with Gasteiger partial charge in [-0.25, -0.2) is 0 Å². The quantitative estimate of drug-likeness (QED) is 0.741. The maximum Gasteiger partial charge on any atom is 0.323 e. The molecular formula is C12H25NO2. The Morgan fingerprint density at radius 2 is 1.73 bits per heavy atom. The van der Waals surface area contributed by atoms with Crippen LogP contribution in [0.3, 0.4) is 0 Å². The van der Waals surface area contributed by atoms with Crippen LogP contribution in [0.5, 0.6) is 0 Å². The minimum absolute atomic E-state index is 0.0787. The molecule has 1 unspecified atom stereocenters. The number of rotatable bonds is 5. The predicted octanol–water partition coefficient (Wildman–Crippen LogP) is 2.51. The third-order valence-corrected chi connectivity index (χ3v) is 2.97. The first-order valence-electron chi connectivity index (χ1n) is 5.58. The van der Waals surface area contributed by atoms with Crippen molar-refractivity contribution in [3.63, 3.8) is 0 Å². The van der Waals surface area contributed by atoms with E-state index < -0.39 is 11.5 Å². The van der Waals surface area contributed by atoms with Gasteiger partial charge >= 0.3 is 5.97 Å². The summed E-state index contributed by atoms with van der Waals surface area (Å²) in [6.45, 7) is 12.8. The molecule has 0 aliphatic rings. The summed E-state index contributed by atoms with van der Waals surface area (Å²) in [5, 5.41) is 12.3. The van der Waals surface area contributed by atoms with Gasteiger partial charge in [-0.05, 0) is 31.2 Å². The lowest BCUT2D eigenvalue weighted by atomic mass is 9.87. The van der Waals surface area contributed by atoms with Crippen molar-refractivity contribution in [2.75, 3.05) is 6.54 Å². The average Bonchev–Trinajstić information content (AvgIpc) is 2.00. The van der Waals surface area contributed by atoms with Crippen molar-refractivity contribution in [2.24, 2.45) is 11.3 Å². The molecule has 0 saturated carbocycles. The van der Waals surface area contributed by atoms with E-state index in [1.54, 1.807) is 6.92 Å². The topological polar surface area (TPSA) is 49.3 Å². The summed E-state index contributed by atoms with van der Waals surface area (Å²) in [4.78, 5) is 11.2. The molecule has 0 spiro atoms. The van der Waals surface area contributed by atoms with Crippen molar-refractivity contribution in [3.05, 3.63) is 0 Å². The maximum atomic E-state index is 11.2. The lowest BCUT2D eigenvalue weighted by molar-refractivity contribution is -0.146. The number of nitrogens with one attached hydrogen (secondary N) is 1. The molecule has 0 aliphatic carbocycles. The number of carboxylic acids is 1. The first kappa shape index (κ1) is 14.4. The summed E-state index contributed by atoms with van der Waals surface area (Å²) in [5.41, 5.74) is -0.575. The van der Waals surface area contributed by atoms with Crippen molar-refractivity contribution >= 4 is 5.97 Å². The lowest BCUT2D eigenvalue weighted by Gasteiger charge is -2.31. The van der Waals surface area contributed by atoms with Crippen LogP contribution in [0.4, 0.5) is 0 Å². The predicted molar refractivity (Wildman–Crippen MR) is 63.0 cm³/mol. The molecule has 0 fully saturated rings. The van der Waals surface area contributed by atoms with E-state index in [2.05, 4.69) is 26.1 Å². The van der Waals surface area contributed by atoms with Crippen molar-refractivity contribution in [1.82, 2.24) is 5.32 Å². The Morgan fingerprint density at radius 1 is 1.27 bits per heavy atom. The molecule has 0 aromatic carbocycles. The van der Waals surface area contributed by atoms with Crippen LogP contribution in [0.2, 0.25) is 0 Å². The molecule has 0 bridgehead atoms. The van der Waals surface area contributed by atoms with Crippen molar-refractivity contribution < 1.29 is 9.90 Å². The highest BCUT2D eigenvalue weighted by Crippen LogP contribution is 2.20. The summed E-state index contributed by atoms with van der Waals surface area (Å²) < 4.78 is 0. The van der Waals surface area contributed by atoms with Gasteiger partial charge in [0.2, 0.25) is 0 Å². The number of hydrogen-bond acceptors (Lipinski definition) is 2. The molecule has 0 radical (unpaired) electrons. The summed E-state index contributed by atoms with van der Waals surface area (Å²) >= 11 is 0. The minimum atomic E-state index is -0.814. The van der Waals surface area contributed by atoms with Gasteiger partial charge in [-0.1, -0.05) is 34.6 Å². The van der Waals surface area contributed by atoms with Gasteiger partial charge in [0, 0.05) is 0 Å². The zero-order valence-corrected chi connectivity index (χ0v) is 10.8. The van der Waals surface area contributed by atoms with Crippen LogP contribution < -0.4 is 5.32 Å². The van der Waals surface area contributed by atoms with Gasteiger partial charge in [-0.2, -0.15) is 0 Å². The smallest absolute Gasteiger partial charge is 0.323 e. The normalized spacial score (nSPS) is 16.5. The van der Waals surface area contributed by atoms with Gasteiger partial charge in [-0.3, -0.25) is 4.79 Å². The molecule has 0 aromatic rings. The van der Waals surface area contributed by atoms with E-state index in [9.17, 15) is 4.79 Å². The summed E-state index contributed by atoms with van der Waals surface area (Å²) in [6, 6.07) is 0. The van der Waals surface area contributed by atoms with Crippen molar-refractivity contribution in [2.45, 2.75) is 53.5 Å². The van der Waals surface area contributed by atoms with Gasteiger partial charge in [0.25, 0.3) is 0 Å². The van der Waals surface area contributed by atoms with E-state index in [0.29, 0.717) is 0 Å². The molecule has 2 N–H and O–H groups in total. The lowest BCUT2D eigenvalue weighted by Crippen LogP contribution is -2.54. The van der Waals surface area contributed by atoms with Crippen LogP contribution >= 0.6 is 0 Å². The van der Waals surface area contributed by atoms with Crippen LogP contribution in [0, 0.1) is 11.3 Å². The average molecular weight is 215 g/mol. The Balaban J connectivity index is 4.28. The first-order chi connectivity index (χ1) is 6.59. The molecule has 0 heterocycles. The van der Waals surface area contributed by atoms with Crippen LogP contribution in [-0.2, 0) is 4.79 Å². The van der Waals surface area contributed by atoms with E-state index >= 15 is 0 Å². The van der Waals surface area contributed by atoms with Crippen LogP contribution in [-0.4, -0.2) is 23.2 Å². The molecular weight excluding hydrogens is 190 g/mol. The largest absolute Gasteiger partial charge is 0.480 e. The Morgan fingerprint density at radius 3 is 2.00 bits per heavy atom. The molecule has 0 saturated heterocycles. The van der Waals surface area contributed by atoms with Gasteiger partial charge in [0.15, 0.2) is 0 Å². The third-order valence-electron chi connectivity index (χ3n) is 2.97. The fraction of sp³-hybridized carbons (Fsp3) is 0.917. The highest BCUT2D eigenvalue weighted by molar-refractivity contribution is 5.78. The second-order valence-corrected chi connectivity index (χ2v) is 5.90. The van der Waals surface area contributed by atoms with Gasteiger partial charge in [0.1, 0.15) is 5.54 Å². The molecule has 0 aliphatic heterocycles. The molecule has 15 heavy (non-hydrogen) atoms. The molecule has 0 aromatic heterocycles. The summed E-state index contributed by atoms with van der Waals surface area (Å²) in [7, 11) is 0. The van der Waals surface area contributed by atoms with E-state index in [1.165, 1.54) is 0 Å². The van der Waals surface area contributed by atoms with Gasteiger partial charge in [0.05, 0.1) is 0 Å². The van der Waals surface area contributed by atoms with Crippen molar-refractivity contribution in [1.29, 1.82) is 0 Å². The maximum absolute atomic E-state index is 11.2. The van der Waals surface area contributed by atoms with Crippen LogP contribution in [0.25, 0.3) is 0 Å². The molecule has 90 valence electrons. The van der Waals surface area contributed by atoms with E-state index in [0.717, 1.165) is 13.0 Å². The van der Waals surface area contributed by atoms with Gasteiger partial charge in [-0.15, -0.1) is 0 Å².